The van der Waals surface area contributed by atoms with Crippen molar-refractivity contribution in [1.29, 1.82) is 0 Å². The largest absolute Gasteiger partial charge is 0.452 e. The van der Waals surface area contributed by atoms with Gasteiger partial charge in [0.05, 0.1) is 15.7 Å². The number of hydrogen-bond acceptors (Lipinski definition) is 7. The molecule has 0 amide bonds. The maximum Gasteiger partial charge on any atom is 0.349 e. The molecule has 9 nitrogen and oxygen atoms in total. The van der Waals surface area contributed by atoms with Crippen LogP contribution in [0.15, 0.2) is 44.8 Å². The minimum atomic E-state index is -0.806. The van der Waals surface area contributed by atoms with E-state index in [0.717, 1.165) is 15.8 Å². The second-order valence-electron chi connectivity index (χ2n) is 6.71. The van der Waals surface area contributed by atoms with Crippen LogP contribution in [0.1, 0.15) is 20.8 Å². The Kier molecular flexibility index (Phi) is 5.74. The van der Waals surface area contributed by atoms with Crippen LogP contribution in [0.3, 0.4) is 0 Å². The summed E-state index contributed by atoms with van der Waals surface area (Å²) in [5.41, 5.74) is 5.63. The van der Waals surface area contributed by atoms with Crippen LogP contribution in [0.5, 0.6) is 5.75 Å². The third-order valence-electron chi connectivity index (χ3n) is 4.38. The van der Waals surface area contributed by atoms with Gasteiger partial charge in [0.25, 0.3) is 5.56 Å². The first-order valence-corrected chi connectivity index (χ1v) is 9.37. The number of aromatic nitrogens is 3. The number of anilines is 1. The van der Waals surface area contributed by atoms with E-state index < -0.39 is 17.5 Å². The monoisotopic (exact) mass is 439 g/mol. The van der Waals surface area contributed by atoms with Crippen LogP contribution in [-0.2, 0) is 0 Å². The second kappa shape index (κ2) is 7.94. The van der Waals surface area contributed by atoms with Crippen molar-refractivity contribution in [2.75, 3.05) is 5.73 Å². The highest BCUT2D eigenvalue weighted by Gasteiger charge is 2.25. The maximum absolute atomic E-state index is 12.0. The molecule has 1 atom stereocenters. The van der Waals surface area contributed by atoms with Crippen LogP contribution in [0, 0.1) is 5.92 Å². The number of aromatic amines is 1. The van der Waals surface area contributed by atoms with E-state index in [-0.39, 0.29) is 33.2 Å². The quantitative estimate of drug-likeness (QED) is 0.571. The summed E-state index contributed by atoms with van der Waals surface area (Å²) < 4.78 is 6.77. The Labute approximate surface area is 175 Å². The third-order valence-corrected chi connectivity index (χ3v) is 4.95. The normalized spacial score (nSPS) is 16.7. The number of nitrogen functional groups attached to an aromatic ring is 1. The Balaban J connectivity index is 2.01. The van der Waals surface area contributed by atoms with Gasteiger partial charge >= 0.3 is 5.69 Å². The van der Waals surface area contributed by atoms with Crippen LogP contribution in [0.4, 0.5) is 5.82 Å². The van der Waals surface area contributed by atoms with E-state index in [1.807, 2.05) is 25.8 Å². The van der Waals surface area contributed by atoms with Crippen molar-refractivity contribution in [2.45, 2.75) is 27.0 Å². The summed E-state index contributed by atoms with van der Waals surface area (Å²) >= 11 is 12.7. The highest BCUT2D eigenvalue weighted by molar-refractivity contribution is 6.37. The number of ether oxygens (including phenoxy) is 1. The Morgan fingerprint density at radius 1 is 1.28 bits per heavy atom. The first-order valence-electron chi connectivity index (χ1n) is 8.61. The number of nitrogens with one attached hydrogen (secondary N) is 2. The van der Waals surface area contributed by atoms with Gasteiger partial charge in [-0.25, -0.2) is 4.79 Å². The molecule has 0 radical (unpaired) electrons. The van der Waals surface area contributed by atoms with Gasteiger partial charge in [0.2, 0.25) is 5.82 Å². The summed E-state index contributed by atoms with van der Waals surface area (Å²) in [5, 5.41) is 16.9. The number of rotatable bonds is 4. The molecule has 0 aliphatic carbocycles. The molecule has 29 heavy (non-hydrogen) atoms. The molecule has 1 aliphatic heterocycles. The summed E-state index contributed by atoms with van der Waals surface area (Å²) in [6.45, 7) is 5.75. The lowest BCUT2D eigenvalue weighted by Gasteiger charge is -2.28. The van der Waals surface area contributed by atoms with Crippen molar-refractivity contribution in [1.82, 2.24) is 20.1 Å². The third kappa shape index (κ3) is 4.02. The zero-order chi connectivity index (χ0) is 21.5. The average Bonchev–Trinajstić information content (AvgIpc) is 2.62. The lowest BCUT2D eigenvalue weighted by Crippen LogP contribution is -2.34. The number of dihydropyridines is 1. The van der Waals surface area contributed by atoms with E-state index in [4.69, 9.17) is 33.7 Å². The van der Waals surface area contributed by atoms with Crippen molar-refractivity contribution < 1.29 is 9.84 Å². The number of H-pyrrole nitrogens is 1. The van der Waals surface area contributed by atoms with Crippen LogP contribution >= 0.6 is 23.2 Å². The summed E-state index contributed by atoms with van der Waals surface area (Å²) in [6.07, 6.45) is 0.723. The molecular formula is C18H19Cl2N5O4. The summed E-state index contributed by atoms with van der Waals surface area (Å²) in [5.74, 6) is 0.312. The molecular weight excluding hydrogens is 421 g/mol. The lowest BCUT2D eigenvalue weighted by molar-refractivity contribution is 0.171. The van der Waals surface area contributed by atoms with Gasteiger partial charge in [0, 0.05) is 6.20 Å². The second-order valence-corrected chi connectivity index (χ2v) is 7.52. The zero-order valence-corrected chi connectivity index (χ0v) is 17.3. The van der Waals surface area contributed by atoms with E-state index in [1.54, 1.807) is 0 Å². The number of benzene rings is 1. The molecule has 0 saturated carbocycles. The first kappa shape index (κ1) is 21.0. The fraction of sp³-hybridized carbons (Fsp3) is 0.278. The Bertz CT molecular complexity index is 1130. The molecule has 0 spiro atoms. The highest BCUT2D eigenvalue weighted by atomic mass is 35.5. The summed E-state index contributed by atoms with van der Waals surface area (Å²) in [6, 6.07) is 2.81. The SMILES string of the molecule is CC1=C(C(C)C)C(O)NC=C1Oc1c(Cl)cc(-n2nc(N)c(=O)[nH]c2=O)cc1Cl. The van der Waals surface area contributed by atoms with Gasteiger partial charge in [-0.3, -0.25) is 9.78 Å². The van der Waals surface area contributed by atoms with Gasteiger partial charge in [-0.1, -0.05) is 37.0 Å². The molecule has 0 fully saturated rings. The summed E-state index contributed by atoms with van der Waals surface area (Å²) in [7, 11) is 0. The fourth-order valence-electron chi connectivity index (χ4n) is 3.02. The van der Waals surface area contributed by atoms with Gasteiger partial charge in [-0.05, 0) is 36.1 Å². The fourth-order valence-corrected chi connectivity index (χ4v) is 3.57. The first-order chi connectivity index (χ1) is 13.6. The molecule has 1 unspecified atom stereocenters. The topological polar surface area (TPSA) is 135 Å². The number of aliphatic hydroxyl groups excluding tert-OH is 1. The van der Waals surface area contributed by atoms with E-state index in [2.05, 4.69) is 10.4 Å². The Hall–Kier alpha value is -2.75. The van der Waals surface area contributed by atoms with Gasteiger partial charge in [0.1, 0.15) is 12.0 Å². The Morgan fingerprint density at radius 3 is 2.48 bits per heavy atom. The van der Waals surface area contributed by atoms with Crippen molar-refractivity contribution >= 4 is 29.0 Å². The minimum Gasteiger partial charge on any atom is -0.452 e. The van der Waals surface area contributed by atoms with Crippen molar-refractivity contribution in [2.24, 2.45) is 5.92 Å². The van der Waals surface area contributed by atoms with Gasteiger partial charge < -0.3 is 20.9 Å². The number of nitrogens with two attached hydrogens (primary N) is 1. The van der Waals surface area contributed by atoms with Gasteiger partial charge in [-0.15, -0.1) is 5.10 Å². The molecule has 1 aliphatic rings. The number of hydrogen-bond donors (Lipinski definition) is 4. The van der Waals surface area contributed by atoms with E-state index in [1.165, 1.54) is 18.3 Å². The predicted molar refractivity (Wildman–Crippen MR) is 110 cm³/mol. The van der Waals surface area contributed by atoms with Crippen LogP contribution in [0.25, 0.3) is 5.69 Å². The maximum atomic E-state index is 12.0. The highest BCUT2D eigenvalue weighted by Crippen LogP contribution is 2.38. The van der Waals surface area contributed by atoms with Crippen molar-refractivity contribution in [3.63, 3.8) is 0 Å². The average molecular weight is 440 g/mol. The zero-order valence-electron chi connectivity index (χ0n) is 15.8. The van der Waals surface area contributed by atoms with Gasteiger partial charge in [-0.2, -0.15) is 4.68 Å². The van der Waals surface area contributed by atoms with Crippen LogP contribution < -0.4 is 27.0 Å². The summed E-state index contributed by atoms with van der Waals surface area (Å²) in [4.78, 5) is 25.5. The van der Waals surface area contributed by atoms with Gasteiger partial charge in [0.15, 0.2) is 5.75 Å². The van der Waals surface area contributed by atoms with Crippen LogP contribution in [-0.4, -0.2) is 26.1 Å². The number of halogens is 2. The molecule has 0 saturated heterocycles. The van der Waals surface area contributed by atoms with Crippen molar-refractivity contribution in [3.05, 3.63) is 66.1 Å². The standard InChI is InChI=1S/C18H19Cl2N5O4/c1-7(2)13-8(3)12(6-22-16(13)26)29-14-10(19)4-9(5-11(14)20)25-18(28)23-17(27)15(21)24-25/h4-7,16,22,26H,1-3H3,(H2,21,24)(H,23,27,28). The molecule has 2 heterocycles. The Morgan fingerprint density at radius 2 is 1.90 bits per heavy atom. The van der Waals surface area contributed by atoms with E-state index in [0.29, 0.717) is 5.76 Å². The number of aliphatic hydroxyl groups is 1. The molecule has 1 aromatic heterocycles. The lowest BCUT2D eigenvalue weighted by atomic mass is 9.93. The molecule has 0 bridgehead atoms. The minimum absolute atomic E-state index is 0.0850. The van der Waals surface area contributed by atoms with Crippen molar-refractivity contribution in [3.8, 4) is 11.4 Å². The molecule has 154 valence electrons. The molecule has 1 aromatic carbocycles. The smallest absolute Gasteiger partial charge is 0.349 e. The number of nitrogens with zero attached hydrogens (tertiary/aromatic N) is 2. The van der Waals surface area contributed by atoms with E-state index >= 15 is 0 Å². The predicted octanol–water partition coefficient (Wildman–Crippen LogP) is 1.92. The molecule has 5 N–H and O–H groups in total. The molecule has 11 heteroatoms. The number of allylic oxidation sites excluding steroid dienone is 1. The molecule has 2 aromatic rings. The van der Waals surface area contributed by atoms with E-state index in [9.17, 15) is 14.7 Å². The molecule has 3 rings (SSSR count). The van der Waals surface area contributed by atoms with Crippen LogP contribution in [0.2, 0.25) is 10.0 Å².